The van der Waals surface area contributed by atoms with E-state index >= 15 is 0 Å². The van der Waals surface area contributed by atoms with Crippen LogP contribution in [0.1, 0.15) is 6.42 Å². The number of hydrogen-bond acceptors (Lipinski definition) is 5. The Kier molecular flexibility index (Phi) is 9.87. The van der Waals surface area contributed by atoms with Crippen molar-refractivity contribution in [3.63, 3.8) is 0 Å². The summed E-state index contributed by atoms with van der Waals surface area (Å²) >= 11 is 0. The molecule has 5 aromatic rings. The molecule has 0 unspecified atom stereocenters. The Labute approximate surface area is 241 Å². The van der Waals surface area contributed by atoms with Gasteiger partial charge in [-0.05, 0) is 47.8 Å². The summed E-state index contributed by atoms with van der Waals surface area (Å²) in [5.41, 5.74) is 0. The van der Waals surface area contributed by atoms with Gasteiger partial charge in [0.05, 0.1) is 6.33 Å². The molecule has 0 bridgehead atoms. The fourth-order valence-corrected chi connectivity index (χ4v) is 11.0. The summed E-state index contributed by atoms with van der Waals surface area (Å²) in [5, 5.41) is 5.62. The zero-order valence-electron chi connectivity index (χ0n) is 22.8. The van der Waals surface area contributed by atoms with Crippen molar-refractivity contribution in [2.75, 3.05) is 19.3 Å². The van der Waals surface area contributed by atoms with Crippen LogP contribution < -0.4 is 25.0 Å². The van der Waals surface area contributed by atoms with E-state index in [0.29, 0.717) is 24.2 Å². The Balaban J connectivity index is 1.54. The maximum Gasteiger partial charge on any atom is 0.562 e. The number of nitrogens with one attached hydrogen (secondary N) is 1. The van der Waals surface area contributed by atoms with Gasteiger partial charge < -0.3 is 18.9 Å². The Morgan fingerprint density at radius 3 is 1.71 bits per heavy atom. The van der Waals surface area contributed by atoms with E-state index in [0.717, 1.165) is 30.1 Å². The van der Waals surface area contributed by atoms with Gasteiger partial charge in [0.1, 0.15) is 11.5 Å². The van der Waals surface area contributed by atoms with Crippen molar-refractivity contribution in [3.05, 3.63) is 140 Å². The Hall–Kier alpha value is -3.89. The zero-order chi connectivity index (χ0) is 28.2. The van der Waals surface area contributed by atoms with Gasteiger partial charge in [0.15, 0.2) is 0 Å². The third kappa shape index (κ3) is 7.86. The van der Waals surface area contributed by atoms with Gasteiger partial charge in [-0.3, -0.25) is 0 Å². The van der Waals surface area contributed by atoms with Gasteiger partial charge >= 0.3 is 7.75 Å². The highest BCUT2D eigenvalue weighted by atomic mass is 31.2. The largest absolute Gasteiger partial charge is 0.562 e. The van der Waals surface area contributed by atoms with Crippen molar-refractivity contribution in [2.45, 2.75) is 13.0 Å². The molecule has 0 aliphatic carbocycles. The minimum atomic E-state index is -4.07. The van der Waals surface area contributed by atoms with Gasteiger partial charge in [0, 0.05) is 38.7 Å². The van der Waals surface area contributed by atoms with E-state index < -0.39 is 14.8 Å². The molecule has 9 heteroatoms. The molecule has 0 spiro atoms. The monoisotopic (exact) mass is 584 g/mol. The molecule has 4 aromatic carbocycles. The Morgan fingerprint density at radius 1 is 0.707 bits per heavy atom. The average Bonchev–Trinajstić information content (AvgIpc) is 3.54. The lowest BCUT2D eigenvalue weighted by Crippen LogP contribution is -2.27. The van der Waals surface area contributed by atoms with Gasteiger partial charge in [-0.15, -0.1) is 0 Å². The first-order chi connectivity index (χ1) is 20.2. The first-order valence-electron chi connectivity index (χ1n) is 13.7. The van der Waals surface area contributed by atoms with E-state index in [1.54, 1.807) is 30.5 Å². The predicted molar refractivity (Wildman–Crippen MR) is 168 cm³/mol. The van der Waals surface area contributed by atoms with Gasteiger partial charge in [-0.2, -0.15) is 4.52 Å². The summed E-state index contributed by atoms with van der Waals surface area (Å²) in [6, 6.07) is 38.4. The van der Waals surface area contributed by atoms with Gasteiger partial charge in [-0.25, -0.2) is 9.55 Å². The molecule has 0 amide bonds. The molecule has 41 heavy (non-hydrogen) atoms. The van der Waals surface area contributed by atoms with E-state index in [2.05, 4.69) is 39.1 Å². The topological polar surface area (TPSA) is 77.7 Å². The number of nitrogens with zero attached hydrogens (tertiary/aromatic N) is 3. The molecule has 0 aliphatic heterocycles. The third-order valence-corrected chi connectivity index (χ3v) is 12.7. The molecule has 1 aromatic heterocycles. The van der Waals surface area contributed by atoms with Crippen LogP contribution in [0.2, 0.25) is 0 Å². The van der Waals surface area contributed by atoms with Crippen LogP contribution in [0.5, 0.6) is 11.5 Å². The number of para-hydroxylation sites is 2. The van der Waals surface area contributed by atoms with E-state index in [1.807, 2.05) is 85.3 Å². The van der Waals surface area contributed by atoms with Crippen LogP contribution in [-0.4, -0.2) is 28.8 Å². The second-order valence-electron chi connectivity index (χ2n) is 9.43. The van der Waals surface area contributed by atoms with Crippen LogP contribution in [0.15, 0.2) is 145 Å². The lowest BCUT2D eigenvalue weighted by Gasteiger charge is -2.28. The maximum absolute atomic E-state index is 14.8. The summed E-state index contributed by atoms with van der Waals surface area (Å²) < 4.78 is 34.3. The van der Waals surface area contributed by atoms with Crippen molar-refractivity contribution in [3.8, 4) is 11.5 Å². The smallest absolute Gasteiger partial charge is 0.399 e. The second-order valence-corrected chi connectivity index (χ2v) is 14.5. The number of imidazole rings is 1. The number of rotatable bonds is 14. The number of benzene rings is 4. The molecule has 0 aliphatic rings. The molecule has 0 atom stereocenters. The highest BCUT2D eigenvalue weighted by molar-refractivity contribution is 7.84. The molecule has 0 saturated carbocycles. The van der Waals surface area contributed by atoms with Gasteiger partial charge in [0.25, 0.3) is 0 Å². The molecular formula is C32H34N4O3P2. The molecule has 5 rings (SSSR count). The minimum absolute atomic E-state index is 0.437. The summed E-state index contributed by atoms with van der Waals surface area (Å²) in [7, 11) is -6.73. The molecule has 1 heterocycles. The van der Waals surface area contributed by atoms with E-state index in [9.17, 15) is 4.57 Å². The summed E-state index contributed by atoms with van der Waals surface area (Å²) in [4.78, 5) is 4.12. The van der Waals surface area contributed by atoms with Crippen LogP contribution in [0.25, 0.3) is 0 Å². The highest BCUT2D eigenvalue weighted by Gasteiger charge is 2.35. The number of aryl methyl sites for hydroxylation is 1. The lowest BCUT2D eigenvalue weighted by molar-refractivity contribution is 0.388. The van der Waals surface area contributed by atoms with Crippen molar-refractivity contribution >= 4 is 25.4 Å². The van der Waals surface area contributed by atoms with Crippen LogP contribution >= 0.6 is 14.8 Å². The fourth-order valence-electron chi connectivity index (χ4n) is 4.55. The maximum atomic E-state index is 14.8. The van der Waals surface area contributed by atoms with Crippen LogP contribution in [0, 0.1) is 0 Å². The first-order valence-corrected chi connectivity index (χ1v) is 17.1. The standard InChI is InChI=1S/C32H34N4O3P2/c37-41(38-29-14-5-1-6-15-29,39-30-16-7-2-8-17-30)35-40(31-18-9-3-10-19-31,32-20-11-4-12-21-32)27-24-33-22-13-25-36-26-23-34-28-36/h1-12,14-21,23,26,28,33H,13,22,24-25,27H2. The van der Waals surface area contributed by atoms with Gasteiger partial charge in [0.2, 0.25) is 0 Å². The summed E-state index contributed by atoms with van der Waals surface area (Å²) in [6.45, 7) is 2.40. The Morgan fingerprint density at radius 2 is 1.22 bits per heavy atom. The molecule has 0 radical (unpaired) electrons. The number of hydrogen-bond donors (Lipinski definition) is 1. The first kappa shape index (κ1) is 28.6. The summed E-state index contributed by atoms with van der Waals surface area (Å²) in [5.74, 6) is 0.875. The lowest BCUT2D eigenvalue weighted by atomic mass is 10.3. The van der Waals surface area contributed by atoms with E-state index in [4.69, 9.17) is 13.6 Å². The minimum Gasteiger partial charge on any atom is -0.399 e. The van der Waals surface area contributed by atoms with E-state index in [-0.39, 0.29) is 0 Å². The highest BCUT2D eigenvalue weighted by Crippen LogP contribution is 2.61. The molecule has 0 saturated heterocycles. The molecule has 1 N–H and O–H groups in total. The zero-order valence-corrected chi connectivity index (χ0v) is 24.6. The normalized spacial score (nSPS) is 11.6. The summed E-state index contributed by atoms with van der Waals surface area (Å²) in [6.07, 6.45) is 7.20. The van der Waals surface area contributed by atoms with Gasteiger partial charge in [-0.1, -0.05) is 97.1 Å². The third-order valence-electron chi connectivity index (χ3n) is 6.50. The molecular weight excluding hydrogens is 550 g/mol. The number of aromatic nitrogens is 2. The molecule has 7 nitrogen and oxygen atoms in total. The predicted octanol–water partition coefficient (Wildman–Crippen LogP) is 6.98. The van der Waals surface area contributed by atoms with E-state index in [1.165, 1.54) is 0 Å². The quantitative estimate of drug-likeness (QED) is 0.113. The molecule has 0 fully saturated rings. The van der Waals surface area contributed by atoms with Crippen LogP contribution in [0.3, 0.4) is 0 Å². The fraction of sp³-hybridized carbons (Fsp3) is 0.156. The van der Waals surface area contributed by atoms with Crippen molar-refractivity contribution < 1.29 is 13.6 Å². The molecule has 210 valence electrons. The van der Waals surface area contributed by atoms with Crippen molar-refractivity contribution in [1.82, 2.24) is 14.9 Å². The van der Waals surface area contributed by atoms with Crippen LogP contribution in [0.4, 0.5) is 0 Å². The second kappa shape index (κ2) is 14.1. The SMILES string of the molecule is O=P(N=P(CCNCCCn1ccnc1)(c1ccccc1)c1ccccc1)(Oc1ccccc1)Oc1ccccc1. The average molecular weight is 585 g/mol. The van der Waals surface area contributed by atoms with Crippen LogP contribution in [-0.2, 0) is 11.1 Å². The Bertz CT molecular complexity index is 1480. The van der Waals surface area contributed by atoms with Crippen molar-refractivity contribution in [2.24, 2.45) is 4.52 Å². The van der Waals surface area contributed by atoms with Crippen molar-refractivity contribution in [1.29, 1.82) is 0 Å².